The lowest BCUT2D eigenvalue weighted by molar-refractivity contribution is 0.0903. The van der Waals surface area contributed by atoms with E-state index >= 15 is 0 Å². The van der Waals surface area contributed by atoms with Gasteiger partial charge in [-0.1, -0.05) is 17.7 Å². The third-order valence-electron chi connectivity index (χ3n) is 5.28. The van der Waals surface area contributed by atoms with E-state index < -0.39 is 0 Å². The second-order valence-electron chi connectivity index (χ2n) is 7.49. The predicted molar refractivity (Wildman–Crippen MR) is 108 cm³/mol. The van der Waals surface area contributed by atoms with Crippen molar-refractivity contribution in [2.45, 2.75) is 38.6 Å². The van der Waals surface area contributed by atoms with Crippen molar-refractivity contribution in [3.05, 3.63) is 71.0 Å². The third-order valence-corrected chi connectivity index (χ3v) is 5.28. The molecule has 0 bridgehead atoms. The molecule has 0 aromatic heterocycles. The molecule has 1 heterocycles. The topological polar surface area (TPSA) is 49.4 Å². The summed E-state index contributed by atoms with van der Waals surface area (Å²) in [4.78, 5) is 26.8. The zero-order valence-electron chi connectivity index (χ0n) is 16.3. The van der Waals surface area contributed by atoms with Crippen molar-refractivity contribution in [2.75, 3.05) is 19.6 Å². The van der Waals surface area contributed by atoms with Gasteiger partial charge in [0.05, 0.1) is 0 Å². The fraction of sp³-hybridized carbons (Fsp3) is 0.391. The average molecular weight is 382 g/mol. The lowest BCUT2D eigenvalue weighted by Crippen LogP contribution is -2.44. The molecule has 1 amide bonds. The minimum absolute atomic E-state index is 0.0108. The van der Waals surface area contributed by atoms with Gasteiger partial charge in [-0.2, -0.15) is 0 Å². The number of hydrogen-bond donors (Lipinski definition) is 1. The monoisotopic (exact) mass is 382 g/mol. The number of rotatable bonds is 7. The quantitative estimate of drug-likeness (QED) is 0.737. The van der Waals surface area contributed by atoms with E-state index in [2.05, 4.69) is 10.2 Å². The summed E-state index contributed by atoms with van der Waals surface area (Å²) in [5.41, 5.74) is 2.41. The van der Waals surface area contributed by atoms with Crippen molar-refractivity contribution in [3.63, 3.8) is 0 Å². The number of nitrogens with zero attached hydrogens (tertiary/aromatic N) is 1. The predicted octanol–water partition coefficient (Wildman–Crippen LogP) is 3.99. The summed E-state index contributed by atoms with van der Waals surface area (Å²) in [6, 6.07) is 13.5. The van der Waals surface area contributed by atoms with Crippen LogP contribution in [0.2, 0.25) is 0 Å². The number of ketones is 1. The highest BCUT2D eigenvalue weighted by Gasteiger charge is 2.21. The van der Waals surface area contributed by atoms with Crippen LogP contribution < -0.4 is 5.32 Å². The van der Waals surface area contributed by atoms with Crippen LogP contribution in [0, 0.1) is 12.7 Å². The second kappa shape index (κ2) is 9.60. The molecule has 4 nitrogen and oxygen atoms in total. The van der Waals surface area contributed by atoms with Crippen LogP contribution in [0.3, 0.4) is 0 Å². The van der Waals surface area contributed by atoms with Gasteiger partial charge in [0.25, 0.3) is 5.91 Å². The molecule has 0 radical (unpaired) electrons. The van der Waals surface area contributed by atoms with Gasteiger partial charge in [-0.15, -0.1) is 0 Å². The largest absolute Gasteiger partial charge is 0.349 e. The molecule has 1 fully saturated rings. The summed E-state index contributed by atoms with van der Waals surface area (Å²) in [5, 5.41) is 3.13. The van der Waals surface area contributed by atoms with Crippen LogP contribution in [-0.4, -0.2) is 42.3 Å². The van der Waals surface area contributed by atoms with E-state index in [1.54, 1.807) is 12.1 Å². The summed E-state index contributed by atoms with van der Waals surface area (Å²) in [7, 11) is 0. The lowest BCUT2D eigenvalue weighted by Gasteiger charge is -2.32. The van der Waals surface area contributed by atoms with Gasteiger partial charge in [-0.3, -0.25) is 9.59 Å². The molecule has 0 atom stereocenters. The van der Waals surface area contributed by atoms with Crippen molar-refractivity contribution < 1.29 is 14.0 Å². The number of Topliss-reactive ketones (excluding diaryl/α,β-unsaturated/α-hetero) is 1. The number of benzene rings is 2. The SMILES string of the molecule is Cc1ccc(C(=O)NC2CCN(CCCC(=O)c3ccc(F)cc3)CC2)cc1. The van der Waals surface area contributed by atoms with E-state index in [0.29, 0.717) is 17.5 Å². The van der Waals surface area contributed by atoms with Crippen molar-refractivity contribution in [3.8, 4) is 0 Å². The smallest absolute Gasteiger partial charge is 0.251 e. The summed E-state index contributed by atoms with van der Waals surface area (Å²) in [6.07, 6.45) is 3.10. The molecule has 148 valence electrons. The van der Waals surface area contributed by atoms with Crippen LogP contribution in [0.4, 0.5) is 4.39 Å². The Morgan fingerprint density at radius 3 is 2.25 bits per heavy atom. The molecule has 0 aliphatic carbocycles. The molecule has 3 rings (SSSR count). The number of carbonyl (C=O) groups excluding carboxylic acids is 2. The molecule has 1 aliphatic heterocycles. The molecule has 2 aromatic carbocycles. The van der Waals surface area contributed by atoms with E-state index in [1.165, 1.54) is 12.1 Å². The highest BCUT2D eigenvalue weighted by molar-refractivity contribution is 5.96. The maximum Gasteiger partial charge on any atom is 0.251 e. The van der Waals surface area contributed by atoms with E-state index in [0.717, 1.165) is 44.5 Å². The van der Waals surface area contributed by atoms with Crippen molar-refractivity contribution in [2.24, 2.45) is 0 Å². The maximum absolute atomic E-state index is 12.9. The van der Waals surface area contributed by atoms with E-state index in [-0.39, 0.29) is 23.5 Å². The number of halogens is 1. The molecule has 1 saturated heterocycles. The Balaban J connectivity index is 1.36. The normalized spacial score (nSPS) is 15.4. The zero-order valence-corrected chi connectivity index (χ0v) is 16.3. The first-order valence-corrected chi connectivity index (χ1v) is 9.90. The number of piperidine rings is 1. The Labute approximate surface area is 165 Å². The van der Waals surface area contributed by atoms with E-state index in [1.807, 2.05) is 31.2 Å². The Bertz CT molecular complexity index is 794. The highest BCUT2D eigenvalue weighted by Crippen LogP contribution is 2.14. The average Bonchev–Trinajstić information content (AvgIpc) is 2.70. The van der Waals surface area contributed by atoms with Crippen molar-refractivity contribution in [1.29, 1.82) is 0 Å². The molecule has 1 aliphatic rings. The Morgan fingerprint density at radius 2 is 1.61 bits per heavy atom. The first-order chi connectivity index (χ1) is 13.5. The van der Waals surface area contributed by atoms with Gasteiger partial charge in [0.1, 0.15) is 5.82 Å². The molecule has 28 heavy (non-hydrogen) atoms. The minimum atomic E-state index is -0.325. The highest BCUT2D eigenvalue weighted by atomic mass is 19.1. The Kier molecular flexibility index (Phi) is 6.93. The van der Waals surface area contributed by atoms with Crippen LogP contribution >= 0.6 is 0 Å². The van der Waals surface area contributed by atoms with Gasteiger partial charge in [-0.05, 0) is 69.1 Å². The number of likely N-dealkylation sites (tertiary alicyclic amines) is 1. The van der Waals surface area contributed by atoms with Crippen LogP contribution in [0.15, 0.2) is 48.5 Å². The number of aryl methyl sites for hydroxylation is 1. The fourth-order valence-electron chi connectivity index (χ4n) is 3.52. The maximum atomic E-state index is 12.9. The summed E-state index contributed by atoms with van der Waals surface area (Å²) < 4.78 is 12.9. The van der Waals surface area contributed by atoms with Gasteiger partial charge in [0.2, 0.25) is 0 Å². The lowest BCUT2D eigenvalue weighted by atomic mass is 10.0. The van der Waals surface area contributed by atoms with Gasteiger partial charge in [0.15, 0.2) is 5.78 Å². The number of nitrogens with one attached hydrogen (secondary N) is 1. The van der Waals surface area contributed by atoms with Crippen LogP contribution in [0.1, 0.15) is 52.0 Å². The van der Waals surface area contributed by atoms with E-state index in [4.69, 9.17) is 0 Å². The number of amides is 1. The van der Waals surface area contributed by atoms with Gasteiger partial charge in [-0.25, -0.2) is 4.39 Å². The van der Waals surface area contributed by atoms with Gasteiger partial charge < -0.3 is 10.2 Å². The van der Waals surface area contributed by atoms with E-state index in [9.17, 15) is 14.0 Å². The fourth-order valence-corrected chi connectivity index (χ4v) is 3.52. The Hall–Kier alpha value is -2.53. The molecule has 0 saturated carbocycles. The second-order valence-corrected chi connectivity index (χ2v) is 7.49. The first kappa shape index (κ1) is 20.2. The molecule has 1 N–H and O–H groups in total. The first-order valence-electron chi connectivity index (χ1n) is 9.90. The number of hydrogen-bond acceptors (Lipinski definition) is 3. The molecular formula is C23H27FN2O2. The molecule has 5 heteroatoms. The third kappa shape index (κ3) is 5.73. The molecule has 2 aromatic rings. The minimum Gasteiger partial charge on any atom is -0.349 e. The molecular weight excluding hydrogens is 355 g/mol. The molecule has 0 spiro atoms. The zero-order chi connectivity index (χ0) is 19.9. The number of carbonyl (C=O) groups is 2. The summed E-state index contributed by atoms with van der Waals surface area (Å²) >= 11 is 0. The van der Waals surface area contributed by atoms with Gasteiger partial charge >= 0.3 is 0 Å². The molecule has 0 unspecified atom stereocenters. The summed E-state index contributed by atoms with van der Waals surface area (Å²) in [6.45, 7) is 4.71. The Morgan fingerprint density at radius 1 is 1.00 bits per heavy atom. The van der Waals surface area contributed by atoms with Crippen LogP contribution in [-0.2, 0) is 0 Å². The van der Waals surface area contributed by atoms with Crippen LogP contribution in [0.5, 0.6) is 0 Å². The van der Waals surface area contributed by atoms with Crippen LogP contribution in [0.25, 0.3) is 0 Å². The van der Waals surface area contributed by atoms with Gasteiger partial charge in [0, 0.05) is 36.7 Å². The van der Waals surface area contributed by atoms with Crippen molar-refractivity contribution >= 4 is 11.7 Å². The summed E-state index contributed by atoms with van der Waals surface area (Å²) in [5.74, 6) is -0.280. The van der Waals surface area contributed by atoms with Crippen molar-refractivity contribution in [1.82, 2.24) is 10.2 Å². The standard InChI is InChI=1S/C23H27FN2O2/c1-17-4-6-19(7-5-17)23(28)25-21-12-15-26(16-13-21)14-2-3-22(27)18-8-10-20(24)11-9-18/h4-11,21H,2-3,12-16H2,1H3,(H,25,28).